The van der Waals surface area contributed by atoms with Gasteiger partial charge in [-0.25, -0.2) is 14.3 Å². The van der Waals surface area contributed by atoms with Gasteiger partial charge in [-0.1, -0.05) is 24.3 Å². The molecule has 0 saturated heterocycles. The van der Waals surface area contributed by atoms with Crippen LogP contribution in [0.4, 0.5) is 0 Å². The molecule has 2 aromatic heterocycles. The molecule has 7 heteroatoms. The van der Waals surface area contributed by atoms with E-state index >= 15 is 0 Å². The van der Waals surface area contributed by atoms with E-state index in [9.17, 15) is 4.79 Å². The quantitative estimate of drug-likeness (QED) is 0.552. The number of carbonyl (C=O) groups excluding carboxylic acids is 1. The molecule has 0 spiro atoms. The molecule has 4 rings (SSSR count). The molecule has 0 atom stereocenters. The smallest absolute Gasteiger partial charge is 0.251 e. The van der Waals surface area contributed by atoms with Crippen LogP contribution in [0.15, 0.2) is 67.3 Å². The molecule has 4 aromatic rings. The number of aryl methyl sites for hydroxylation is 2. The number of aromatic nitrogens is 5. The second-order valence-electron chi connectivity index (χ2n) is 6.98. The topological polar surface area (TPSA) is 77.6 Å². The average Bonchev–Trinajstić information content (AvgIpc) is 3.35. The van der Waals surface area contributed by atoms with E-state index in [0.717, 1.165) is 28.2 Å². The van der Waals surface area contributed by atoms with Crippen molar-refractivity contribution in [1.29, 1.82) is 0 Å². The fourth-order valence-corrected chi connectivity index (χ4v) is 3.27. The Labute approximate surface area is 169 Å². The summed E-state index contributed by atoms with van der Waals surface area (Å²) in [6.07, 6.45) is 3.20. The number of rotatable bonds is 6. The molecule has 0 aliphatic carbocycles. The van der Waals surface area contributed by atoms with Crippen LogP contribution in [0.25, 0.3) is 5.69 Å². The van der Waals surface area contributed by atoms with Gasteiger partial charge in [0.1, 0.15) is 12.7 Å². The molecule has 2 heterocycles. The molecule has 0 bridgehead atoms. The Morgan fingerprint density at radius 2 is 1.83 bits per heavy atom. The summed E-state index contributed by atoms with van der Waals surface area (Å²) < 4.78 is 3.64. The normalized spacial score (nSPS) is 10.8. The third-order valence-corrected chi connectivity index (χ3v) is 4.64. The lowest BCUT2D eigenvalue weighted by atomic mass is 10.1. The Morgan fingerprint density at radius 1 is 1.03 bits per heavy atom. The molecule has 0 fully saturated rings. The van der Waals surface area contributed by atoms with Crippen LogP contribution in [0.3, 0.4) is 0 Å². The minimum Gasteiger partial charge on any atom is -0.348 e. The van der Waals surface area contributed by atoms with Gasteiger partial charge in [0.25, 0.3) is 5.91 Å². The summed E-state index contributed by atoms with van der Waals surface area (Å²) in [5, 5.41) is 11.6. The molecule has 146 valence electrons. The van der Waals surface area contributed by atoms with Crippen molar-refractivity contribution in [3.63, 3.8) is 0 Å². The van der Waals surface area contributed by atoms with Crippen molar-refractivity contribution in [3.8, 4) is 5.69 Å². The van der Waals surface area contributed by atoms with Crippen molar-refractivity contribution >= 4 is 5.91 Å². The van der Waals surface area contributed by atoms with Crippen LogP contribution in [0.1, 0.15) is 32.9 Å². The van der Waals surface area contributed by atoms with Crippen molar-refractivity contribution in [3.05, 3.63) is 95.3 Å². The van der Waals surface area contributed by atoms with Crippen LogP contribution >= 0.6 is 0 Å². The van der Waals surface area contributed by atoms with E-state index < -0.39 is 0 Å². The third-order valence-electron chi connectivity index (χ3n) is 4.64. The minimum atomic E-state index is -0.105. The predicted octanol–water partition coefficient (Wildman–Crippen LogP) is 3.06. The maximum atomic E-state index is 12.5. The molecule has 0 saturated carbocycles. The van der Waals surface area contributed by atoms with Gasteiger partial charge in [0, 0.05) is 17.8 Å². The van der Waals surface area contributed by atoms with Gasteiger partial charge in [-0.05, 0) is 55.3 Å². The largest absolute Gasteiger partial charge is 0.348 e. The standard InChI is InChI=1S/C22H22N6O/c1-16-10-17(2)28(26-16)21-8-6-20(7-9-21)22(29)24-12-18-4-3-5-19(11-18)13-27-15-23-14-25-27/h3-11,14-15H,12-13H2,1-2H3,(H,24,29). The molecule has 1 amide bonds. The van der Waals surface area contributed by atoms with Gasteiger partial charge in [0.15, 0.2) is 0 Å². The summed E-state index contributed by atoms with van der Waals surface area (Å²) in [4.78, 5) is 16.5. The van der Waals surface area contributed by atoms with Gasteiger partial charge >= 0.3 is 0 Å². The second-order valence-corrected chi connectivity index (χ2v) is 6.98. The minimum absolute atomic E-state index is 0.105. The molecular weight excluding hydrogens is 364 g/mol. The number of amides is 1. The highest BCUT2D eigenvalue weighted by molar-refractivity contribution is 5.94. The van der Waals surface area contributed by atoms with E-state index in [4.69, 9.17) is 0 Å². The van der Waals surface area contributed by atoms with Crippen LogP contribution in [0.5, 0.6) is 0 Å². The molecule has 1 N–H and O–H groups in total. The Morgan fingerprint density at radius 3 is 2.52 bits per heavy atom. The highest BCUT2D eigenvalue weighted by atomic mass is 16.1. The van der Waals surface area contributed by atoms with E-state index in [-0.39, 0.29) is 5.91 Å². The molecule has 29 heavy (non-hydrogen) atoms. The summed E-state index contributed by atoms with van der Waals surface area (Å²) in [5.74, 6) is -0.105. The lowest BCUT2D eigenvalue weighted by Gasteiger charge is -2.09. The molecule has 0 radical (unpaired) electrons. The van der Waals surface area contributed by atoms with Crippen molar-refractivity contribution in [2.45, 2.75) is 26.9 Å². The van der Waals surface area contributed by atoms with Crippen molar-refractivity contribution < 1.29 is 4.79 Å². The molecular formula is C22H22N6O. The maximum absolute atomic E-state index is 12.5. The third kappa shape index (κ3) is 4.40. The Hall–Kier alpha value is -3.74. The van der Waals surface area contributed by atoms with E-state index in [1.54, 1.807) is 11.0 Å². The monoisotopic (exact) mass is 386 g/mol. The van der Waals surface area contributed by atoms with E-state index in [0.29, 0.717) is 18.7 Å². The molecule has 0 aliphatic heterocycles. The number of hydrogen-bond acceptors (Lipinski definition) is 4. The lowest BCUT2D eigenvalue weighted by Crippen LogP contribution is -2.22. The van der Waals surface area contributed by atoms with Crippen LogP contribution in [0, 0.1) is 13.8 Å². The van der Waals surface area contributed by atoms with Gasteiger partial charge in [-0.3, -0.25) is 4.79 Å². The number of benzene rings is 2. The maximum Gasteiger partial charge on any atom is 0.251 e. The number of nitrogens with one attached hydrogen (secondary N) is 1. The predicted molar refractivity (Wildman–Crippen MR) is 110 cm³/mol. The molecule has 2 aromatic carbocycles. The lowest BCUT2D eigenvalue weighted by molar-refractivity contribution is 0.0951. The van der Waals surface area contributed by atoms with Gasteiger partial charge in [0.2, 0.25) is 0 Å². The fraction of sp³-hybridized carbons (Fsp3) is 0.182. The van der Waals surface area contributed by atoms with Crippen LogP contribution in [0.2, 0.25) is 0 Å². The van der Waals surface area contributed by atoms with Crippen molar-refractivity contribution in [2.75, 3.05) is 0 Å². The van der Waals surface area contributed by atoms with E-state index in [1.807, 2.05) is 67.1 Å². The van der Waals surface area contributed by atoms with Gasteiger partial charge in [0.05, 0.1) is 17.9 Å². The summed E-state index contributed by atoms with van der Waals surface area (Å²) in [6, 6.07) is 17.6. The number of nitrogens with zero attached hydrogens (tertiary/aromatic N) is 5. The number of hydrogen-bond donors (Lipinski definition) is 1. The van der Waals surface area contributed by atoms with E-state index in [1.165, 1.54) is 6.33 Å². The van der Waals surface area contributed by atoms with Crippen molar-refractivity contribution in [2.24, 2.45) is 0 Å². The summed E-state index contributed by atoms with van der Waals surface area (Å²) in [6.45, 7) is 5.09. The highest BCUT2D eigenvalue weighted by Gasteiger charge is 2.08. The molecule has 7 nitrogen and oxygen atoms in total. The summed E-state index contributed by atoms with van der Waals surface area (Å²) in [5.41, 5.74) is 5.73. The first-order valence-corrected chi connectivity index (χ1v) is 9.40. The zero-order valence-corrected chi connectivity index (χ0v) is 16.4. The Bertz CT molecular complexity index is 1110. The second kappa shape index (κ2) is 8.10. The zero-order chi connectivity index (χ0) is 20.2. The highest BCUT2D eigenvalue weighted by Crippen LogP contribution is 2.13. The van der Waals surface area contributed by atoms with Gasteiger partial charge in [-0.2, -0.15) is 10.2 Å². The van der Waals surface area contributed by atoms with Crippen LogP contribution in [-0.4, -0.2) is 30.5 Å². The van der Waals surface area contributed by atoms with Crippen LogP contribution < -0.4 is 5.32 Å². The summed E-state index contributed by atoms with van der Waals surface area (Å²) in [7, 11) is 0. The Balaban J connectivity index is 1.39. The summed E-state index contributed by atoms with van der Waals surface area (Å²) >= 11 is 0. The van der Waals surface area contributed by atoms with Gasteiger partial charge in [-0.15, -0.1) is 0 Å². The Kier molecular flexibility index (Phi) is 5.20. The van der Waals surface area contributed by atoms with Crippen LogP contribution in [-0.2, 0) is 13.1 Å². The molecule has 0 unspecified atom stereocenters. The van der Waals surface area contributed by atoms with E-state index in [2.05, 4.69) is 26.6 Å². The van der Waals surface area contributed by atoms with Gasteiger partial charge < -0.3 is 5.32 Å². The zero-order valence-electron chi connectivity index (χ0n) is 16.4. The fourth-order valence-electron chi connectivity index (χ4n) is 3.27. The first kappa shape index (κ1) is 18.6. The van der Waals surface area contributed by atoms with Crippen molar-refractivity contribution in [1.82, 2.24) is 29.9 Å². The first-order valence-electron chi connectivity index (χ1n) is 9.40. The SMILES string of the molecule is Cc1cc(C)n(-c2ccc(C(=O)NCc3cccc(Cn4cncn4)c3)cc2)n1. The first-order chi connectivity index (χ1) is 14.1. The molecule has 0 aliphatic rings. The number of carbonyl (C=O) groups is 1. The average molecular weight is 386 g/mol.